The second kappa shape index (κ2) is 3.25. The minimum absolute atomic E-state index is 0. The lowest BCUT2D eigenvalue weighted by molar-refractivity contribution is 0.824. The lowest BCUT2D eigenvalue weighted by Gasteiger charge is -1.90. The minimum Gasteiger partial charge on any atom is -0.412 e. The Morgan fingerprint density at radius 1 is 0.778 bits per heavy atom. The average molecular weight is 124 g/mol. The highest BCUT2D eigenvalue weighted by atomic mass is 16.0. The molecule has 0 radical (unpaired) electrons. The van der Waals surface area contributed by atoms with Crippen LogP contribution in [0.5, 0.6) is 0 Å². The van der Waals surface area contributed by atoms with Crippen LogP contribution in [0.25, 0.3) is 0 Å². The number of hydrogen-bond acceptors (Lipinski definition) is 0. The fourth-order valence-corrected chi connectivity index (χ4v) is 0.637. The minimum atomic E-state index is 0. The highest BCUT2D eigenvalue weighted by molar-refractivity contribution is 5.19. The van der Waals surface area contributed by atoms with Gasteiger partial charge in [-0.3, -0.25) is 0 Å². The van der Waals surface area contributed by atoms with Gasteiger partial charge in [0.25, 0.3) is 0 Å². The summed E-state index contributed by atoms with van der Waals surface area (Å²) >= 11 is 0. The molecule has 0 aliphatic carbocycles. The summed E-state index contributed by atoms with van der Waals surface area (Å²) in [6.45, 7) is 4.19. The van der Waals surface area contributed by atoms with Gasteiger partial charge in [0.05, 0.1) is 0 Å². The fourth-order valence-electron chi connectivity index (χ4n) is 0.637. The predicted octanol–water partition coefficient (Wildman–Crippen LogP) is 1.48. The molecule has 1 aromatic rings. The van der Waals surface area contributed by atoms with Crippen molar-refractivity contribution in [3.63, 3.8) is 0 Å². The number of rotatable bonds is 0. The molecule has 0 unspecified atom stereocenters. The molecule has 1 heteroatoms. The van der Waals surface area contributed by atoms with E-state index >= 15 is 0 Å². The van der Waals surface area contributed by atoms with E-state index in [1.807, 2.05) is 0 Å². The average Bonchev–Trinajstić information content (AvgIpc) is 1.77. The molecule has 0 amide bonds. The van der Waals surface area contributed by atoms with Crippen LogP contribution >= 0.6 is 0 Å². The molecule has 0 heterocycles. The van der Waals surface area contributed by atoms with Crippen LogP contribution in [0.1, 0.15) is 11.1 Å². The van der Waals surface area contributed by atoms with Crippen LogP contribution in [0.3, 0.4) is 0 Å². The number of hydrogen-bond donors (Lipinski definition) is 0. The van der Waals surface area contributed by atoms with Gasteiger partial charge in [-0.25, -0.2) is 0 Å². The number of aryl methyl sites for hydroxylation is 2. The van der Waals surface area contributed by atoms with Crippen molar-refractivity contribution >= 4 is 0 Å². The maximum Gasteiger partial charge on any atom is -0.0398 e. The lowest BCUT2D eigenvalue weighted by atomic mass is 10.2. The van der Waals surface area contributed by atoms with Gasteiger partial charge in [0.15, 0.2) is 0 Å². The molecule has 0 aromatic heterocycles. The highest BCUT2D eigenvalue weighted by Gasteiger charge is 1.79. The van der Waals surface area contributed by atoms with E-state index in [0.29, 0.717) is 0 Å². The Balaban J connectivity index is 0.000000640. The molecule has 0 aliphatic rings. The lowest BCUT2D eigenvalue weighted by Crippen LogP contribution is -1.70. The summed E-state index contributed by atoms with van der Waals surface area (Å²) < 4.78 is 0. The molecule has 0 saturated carbocycles. The van der Waals surface area contributed by atoms with Gasteiger partial charge >= 0.3 is 0 Å². The van der Waals surface area contributed by atoms with Crippen LogP contribution in [-0.4, -0.2) is 5.48 Å². The van der Waals surface area contributed by atoms with Crippen molar-refractivity contribution in [3.8, 4) is 0 Å². The van der Waals surface area contributed by atoms with E-state index in [1.54, 1.807) is 0 Å². The van der Waals surface area contributed by atoms with Gasteiger partial charge in [-0.05, 0) is 13.8 Å². The first-order chi connectivity index (χ1) is 3.79. The second-order valence-corrected chi connectivity index (χ2v) is 2.15. The van der Waals surface area contributed by atoms with E-state index in [-0.39, 0.29) is 5.48 Å². The van der Waals surface area contributed by atoms with Gasteiger partial charge in [-0.15, -0.1) is 0 Å². The van der Waals surface area contributed by atoms with Crippen LogP contribution in [0.2, 0.25) is 0 Å². The van der Waals surface area contributed by atoms with E-state index in [9.17, 15) is 0 Å². The third kappa shape index (κ3) is 2.29. The van der Waals surface area contributed by atoms with Crippen molar-refractivity contribution in [2.75, 3.05) is 0 Å². The molecule has 1 aromatic carbocycles. The van der Waals surface area contributed by atoms with Crippen LogP contribution < -0.4 is 0 Å². The SMILES string of the molecule is Cc1ccc(C)cc1.O. The van der Waals surface area contributed by atoms with E-state index < -0.39 is 0 Å². The highest BCUT2D eigenvalue weighted by Crippen LogP contribution is 1.99. The molecule has 1 nitrogen and oxygen atoms in total. The molecule has 1 rings (SSSR count). The molecule has 0 atom stereocenters. The summed E-state index contributed by atoms with van der Waals surface area (Å²) in [6.07, 6.45) is 0. The Labute approximate surface area is 55.6 Å². The third-order valence-corrected chi connectivity index (χ3v) is 1.22. The van der Waals surface area contributed by atoms with Crippen molar-refractivity contribution in [1.29, 1.82) is 0 Å². The van der Waals surface area contributed by atoms with Crippen LogP contribution in [0.4, 0.5) is 0 Å². The Hall–Kier alpha value is -0.820. The zero-order chi connectivity index (χ0) is 5.98. The molecule has 9 heavy (non-hydrogen) atoms. The van der Waals surface area contributed by atoms with Gasteiger partial charge in [0.1, 0.15) is 0 Å². The van der Waals surface area contributed by atoms with Gasteiger partial charge in [-0.1, -0.05) is 35.4 Å². The predicted molar refractivity (Wildman–Crippen MR) is 39.5 cm³/mol. The van der Waals surface area contributed by atoms with Crippen molar-refractivity contribution < 1.29 is 5.48 Å². The summed E-state index contributed by atoms with van der Waals surface area (Å²) in [5, 5.41) is 0. The first-order valence-corrected chi connectivity index (χ1v) is 2.82. The summed E-state index contributed by atoms with van der Waals surface area (Å²) in [4.78, 5) is 0. The Bertz CT molecular complexity index is 143. The van der Waals surface area contributed by atoms with Crippen molar-refractivity contribution in [3.05, 3.63) is 35.4 Å². The maximum absolute atomic E-state index is 2.12. The Kier molecular flexibility index (Phi) is 2.96. The monoisotopic (exact) mass is 124 g/mol. The Morgan fingerprint density at radius 3 is 1.22 bits per heavy atom. The van der Waals surface area contributed by atoms with Crippen LogP contribution in [0.15, 0.2) is 24.3 Å². The summed E-state index contributed by atoms with van der Waals surface area (Å²) in [5.41, 5.74) is 2.66. The van der Waals surface area contributed by atoms with Crippen molar-refractivity contribution in [1.82, 2.24) is 0 Å². The molecule has 0 bridgehead atoms. The quantitative estimate of drug-likeness (QED) is 0.501. The normalized spacial score (nSPS) is 8.22. The van der Waals surface area contributed by atoms with Crippen LogP contribution in [-0.2, 0) is 0 Å². The molecule has 50 valence electrons. The van der Waals surface area contributed by atoms with Crippen LogP contribution in [0, 0.1) is 13.8 Å². The van der Waals surface area contributed by atoms with Gasteiger partial charge < -0.3 is 5.48 Å². The molecule has 2 N–H and O–H groups in total. The summed E-state index contributed by atoms with van der Waals surface area (Å²) in [7, 11) is 0. The smallest absolute Gasteiger partial charge is 0.0398 e. The van der Waals surface area contributed by atoms with Crippen molar-refractivity contribution in [2.45, 2.75) is 13.8 Å². The molecule has 0 spiro atoms. The first-order valence-electron chi connectivity index (χ1n) is 2.82. The molecular formula is C8H12O. The topological polar surface area (TPSA) is 31.5 Å². The van der Waals surface area contributed by atoms with Gasteiger partial charge in [0, 0.05) is 0 Å². The molecule has 0 aliphatic heterocycles. The van der Waals surface area contributed by atoms with Gasteiger partial charge in [0.2, 0.25) is 0 Å². The van der Waals surface area contributed by atoms with E-state index in [1.165, 1.54) is 11.1 Å². The van der Waals surface area contributed by atoms with E-state index in [0.717, 1.165) is 0 Å². The summed E-state index contributed by atoms with van der Waals surface area (Å²) in [6, 6.07) is 8.48. The zero-order valence-electron chi connectivity index (χ0n) is 5.81. The fraction of sp³-hybridized carbons (Fsp3) is 0.250. The second-order valence-electron chi connectivity index (χ2n) is 2.15. The third-order valence-electron chi connectivity index (χ3n) is 1.22. The zero-order valence-corrected chi connectivity index (χ0v) is 5.81. The standard InChI is InChI=1S/C8H10.H2O/c1-7-3-5-8(2)6-4-7;/h3-6H,1-2H3;1H2. The molecular weight excluding hydrogens is 112 g/mol. The van der Waals surface area contributed by atoms with E-state index in [4.69, 9.17) is 0 Å². The molecule has 0 saturated heterocycles. The number of benzene rings is 1. The maximum atomic E-state index is 2.12. The van der Waals surface area contributed by atoms with Crippen molar-refractivity contribution in [2.24, 2.45) is 0 Å². The largest absolute Gasteiger partial charge is 0.412 e. The Morgan fingerprint density at radius 2 is 1.00 bits per heavy atom. The first kappa shape index (κ1) is 8.18. The van der Waals surface area contributed by atoms with E-state index in [2.05, 4.69) is 38.1 Å². The van der Waals surface area contributed by atoms with Gasteiger partial charge in [-0.2, -0.15) is 0 Å². The summed E-state index contributed by atoms with van der Waals surface area (Å²) in [5.74, 6) is 0. The molecule has 0 fully saturated rings.